The van der Waals surface area contributed by atoms with Gasteiger partial charge in [0.05, 0.1) is 6.07 Å². The molecule has 0 N–H and O–H groups in total. The summed E-state index contributed by atoms with van der Waals surface area (Å²) in [6, 6.07) is 4.53. The first-order valence-corrected chi connectivity index (χ1v) is 8.20. The van der Waals surface area contributed by atoms with Gasteiger partial charge in [0.2, 0.25) is 0 Å². The normalized spacial score (nSPS) is 17.9. The van der Waals surface area contributed by atoms with Crippen molar-refractivity contribution in [2.75, 3.05) is 0 Å². The minimum atomic E-state index is 0.337. The number of hydrogen-bond donors (Lipinski definition) is 0. The van der Waals surface area contributed by atoms with E-state index in [0.717, 1.165) is 11.7 Å². The Balaban J connectivity index is 2.03. The summed E-state index contributed by atoms with van der Waals surface area (Å²) in [7, 11) is 0. The number of thioether (sulfide) groups is 1. The van der Waals surface area contributed by atoms with E-state index in [4.69, 9.17) is 5.26 Å². The Labute approximate surface area is 120 Å². The second-order valence-corrected chi connectivity index (χ2v) is 6.67. The molecule has 1 heterocycles. The maximum atomic E-state index is 8.88. The topological polar surface area (TPSA) is 36.7 Å². The van der Waals surface area contributed by atoms with Gasteiger partial charge in [-0.05, 0) is 36.8 Å². The molecule has 0 spiro atoms. The molecule has 0 amide bonds. The van der Waals surface area contributed by atoms with Gasteiger partial charge in [0, 0.05) is 29.0 Å². The van der Waals surface area contributed by atoms with Gasteiger partial charge in [-0.25, -0.2) is 0 Å². The molecule has 2 rings (SSSR count). The fourth-order valence-corrected chi connectivity index (χ4v) is 3.99. The van der Waals surface area contributed by atoms with Crippen LogP contribution < -0.4 is 0 Å². The lowest BCUT2D eigenvalue weighted by atomic mass is 9.95. The van der Waals surface area contributed by atoms with E-state index in [-0.39, 0.29) is 0 Å². The number of rotatable bonds is 5. The molecule has 1 saturated carbocycles. The van der Waals surface area contributed by atoms with Crippen molar-refractivity contribution in [2.45, 2.75) is 67.9 Å². The highest BCUT2D eigenvalue weighted by atomic mass is 32.2. The Bertz CT molecular complexity index is 433. The van der Waals surface area contributed by atoms with Gasteiger partial charge in [0.15, 0.2) is 0 Å². The summed E-state index contributed by atoms with van der Waals surface area (Å²) >= 11 is 1.98. The quantitative estimate of drug-likeness (QED) is 0.765. The van der Waals surface area contributed by atoms with Crippen LogP contribution in [0.5, 0.6) is 0 Å². The van der Waals surface area contributed by atoms with Crippen molar-refractivity contribution in [3.63, 3.8) is 0 Å². The third-order valence-electron chi connectivity index (χ3n) is 3.89. The fourth-order valence-electron chi connectivity index (χ4n) is 2.71. The number of nitriles is 1. The molecule has 0 aromatic carbocycles. The van der Waals surface area contributed by atoms with E-state index in [9.17, 15) is 0 Å². The Morgan fingerprint density at radius 3 is 2.84 bits per heavy atom. The average Bonchev–Trinajstić information content (AvgIpc) is 2.46. The molecule has 1 aliphatic carbocycles. The summed E-state index contributed by atoms with van der Waals surface area (Å²) in [6.45, 7) is 2.14. The Hall–Kier alpha value is -1.01. The lowest BCUT2D eigenvalue weighted by Gasteiger charge is -2.21. The van der Waals surface area contributed by atoms with E-state index in [2.05, 4.69) is 24.0 Å². The van der Waals surface area contributed by atoms with E-state index in [1.54, 1.807) is 0 Å². The van der Waals surface area contributed by atoms with Crippen LogP contribution in [-0.2, 0) is 0 Å². The summed E-state index contributed by atoms with van der Waals surface area (Å²) in [5.74, 6) is 0.337. The largest absolute Gasteiger partial charge is 0.263 e. The van der Waals surface area contributed by atoms with Crippen LogP contribution in [0.15, 0.2) is 23.4 Å². The predicted molar refractivity (Wildman–Crippen MR) is 80.2 cm³/mol. The van der Waals surface area contributed by atoms with E-state index in [0.29, 0.717) is 12.3 Å². The van der Waals surface area contributed by atoms with Crippen molar-refractivity contribution in [1.29, 1.82) is 5.26 Å². The van der Waals surface area contributed by atoms with Crippen LogP contribution in [0, 0.1) is 11.3 Å². The average molecular weight is 274 g/mol. The van der Waals surface area contributed by atoms with Crippen molar-refractivity contribution in [3.05, 3.63) is 24.0 Å². The van der Waals surface area contributed by atoms with Gasteiger partial charge in [-0.2, -0.15) is 5.26 Å². The van der Waals surface area contributed by atoms with Gasteiger partial charge in [0.1, 0.15) is 0 Å². The standard InChI is InChI=1S/C16H22N2S/c1-2-13(8-9-17)14-10-16(12-18-11-14)19-15-6-4-3-5-7-15/h10-13,15H,2-8H2,1H3. The lowest BCUT2D eigenvalue weighted by Crippen LogP contribution is -2.08. The van der Waals surface area contributed by atoms with Crippen molar-refractivity contribution >= 4 is 11.8 Å². The molecule has 2 nitrogen and oxygen atoms in total. The molecule has 0 radical (unpaired) electrons. The monoisotopic (exact) mass is 274 g/mol. The molecule has 102 valence electrons. The van der Waals surface area contributed by atoms with Gasteiger partial charge in [0.25, 0.3) is 0 Å². The minimum absolute atomic E-state index is 0.337. The smallest absolute Gasteiger partial charge is 0.0628 e. The molecule has 1 aliphatic rings. The third-order valence-corrected chi connectivity index (χ3v) is 5.19. The van der Waals surface area contributed by atoms with E-state index < -0.39 is 0 Å². The first-order chi connectivity index (χ1) is 9.33. The molecular weight excluding hydrogens is 252 g/mol. The van der Waals surface area contributed by atoms with Crippen molar-refractivity contribution in [2.24, 2.45) is 0 Å². The number of nitrogens with zero attached hydrogens (tertiary/aromatic N) is 2. The minimum Gasteiger partial charge on any atom is -0.263 e. The summed E-state index contributed by atoms with van der Waals surface area (Å²) < 4.78 is 0. The van der Waals surface area contributed by atoms with Crippen molar-refractivity contribution in [1.82, 2.24) is 4.98 Å². The summed E-state index contributed by atoms with van der Waals surface area (Å²) in [4.78, 5) is 5.65. The van der Waals surface area contributed by atoms with Gasteiger partial charge in [-0.1, -0.05) is 26.2 Å². The first kappa shape index (κ1) is 14.4. The van der Waals surface area contributed by atoms with Crippen molar-refractivity contribution in [3.8, 4) is 6.07 Å². The first-order valence-electron chi connectivity index (χ1n) is 7.32. The van der Waals surface area contributed by atoms with E-state index >= 15 is 0 Å². The highest BCUT2D eigenvalue weighted by Crippen LogP contribution is 2.34. The Kier molecular flexibility index (Phi) is 5.72. The second-order valence-electron chi connectivity index (χ2n) is 5.30. The zero-order valence-electron chi connectivity index (χ0n) is 11.6. The lowest BCUT2D eigenvalue weighted by molar-refractivity contribution is 0.516. The molecule has 3 heteroatoms. The zero-order chi connectivity index (χ0) is 13.5. The molecule has 19 heavy (non-hydrogen) atoms. The summed E-state index contributed by atoms with van der Waals surface area (Å²) in [5, 5.41) is 9.65. The molecule has 1 unspecified atom stereocenters. The third kappa shape index (κ3) is 4.24. The van der Waals surface area contributed by atoms with Crippen LogP contribution in [0.25, 0.3) is 0 Å². The molecule has 0 saturated heterocycles. The van der Waals surface area contributed by atoms with Crippen LogP contribution in [0.1, 0.15) is 63.4 Å². The van der Waals surface area contributed by atoms with Gasteiger partial charge in [-0.15, -0.1) is 11.8 Å². The predicted octanol–water partition coefficient (Wildman–Crippen LogP) is 4.91. The maximum absolute atomic E-state index is 8.88. The zero-order valence-corrected chi connectivity index (χ0v) is 12.5. The summed E-state index contributed by atoms with van der Waals surface area (Å²) in [5.41, 5.74) is 1.23. The van der Waals surface area contributed by atoms with E-state index in [1.165, 1.54) is 42.6 Å². The van der Waals surface area contributed by atoms with Crippen molar-refractivity contribution < 1.29 is 0 Å². The van der Waals surface area contributed by atoms with Gasteiger partial charge >= 0.3 is 0 Å². The molecular formula is C16H22N2S. The molecule has 1 atom stereocenters. The highest BCUT2D eigenvalue weighted by molar-refractivity contribution is 8.00. The number of aromatic nitrogens is 1. The maximum Gasteiger partial charge on any atom is 0.0628 e. The summed E-state index contributed by atoms with van der Waals surface area (Å²) in [6.07, 6.45) is 12.3. The van der Waals surface area contributed by atoms with Crippen LogP contribution in [0.3, 0.4) is 0 Å². The van der Waals surface area contributed by atoms with Gasteiger partial charge in [-0.3, -0.25) is 4.98 Å². The van der Waals surface area contributed by atoms with E-state index in [1.807, 2.05) is 24.2 Å². The van der Waals surface area contributed by atoms with Gasteiger partial charge < -0.3 is 0 Å². The molecule has 1 aromatic rings. The Morgan fingerprint density at radius 2 is 2.16 bits per heavy atom. The molecule has 0 aliphatic heterocycles. The number of hydrogen-bond acceptors (Lipinski definition) is 3. The second kappa shape index (κ2) is 7.55. The van der Waals surface area contributed by atoms with Crippen LogP contribution in [0.4, 0.5) is 0 Å². The fraction of sp³-hybridized carbons (Fsp3) is 0.625. The highest BCUT2D eigenvalue weighted by Gasteiger charge is 2.16. The molecule has 0 bridgehead atoms. The SMILES string of the molecule is CCC(CC#N)c1cncc(SC2CCCCC2)c1. The van der Waals surface area contributed by atoms with Crippen LogP contribution in [0.2, 0.25) is 0 Å². The molecule has 1 fully saturated rings. The van der Waals surface area contributed by atoms with Crippen LogP contribution >= 0.6 is 11.8 Å². The number of pyridine rings is 1. The molecule has 1 aromatic heterocycles. The van der Waals surface area contributed by atoms with Crippen LogP contribution in [-0.4, -0.2) is 10.2 Å². The Morgan fingerprint density at radius 1 is 1.37 bits per heavy atom.